The molecule has 0 saturated heterocycles. The van der Waals surface area contributed by atoms with Crippen molar-refractivity contribution in [3.63, 3.8) is 0 Å². The average molecular weight is 340 g/mol. The molecule has 0 unspecified atom stereocenters. The Hall–Kier alpha value is -1.97. The van der Waals surface area contributed by atoms with Gasteiger partial charge in [0.15, 0.2) is 0 Å². The summed E-state index contributed by atoms with van der Waals surface area (Å²) in [6, 6.07) is 20.1. The van der Waals surface area contributed by atoms with Crippen molar-refractivity contribution in [3.8, 4) is 0 Å². The number of aliphatic imine (C=N–C) groups is 1. The van der Waals surface area contributed by atoms with Gasteiger partial charge in [-0.2, -0.15) is 0 Å². The predicted molar refractivity (Wildman–Crippen MR) is 96.0 cm³/mol. The van der Waals surface area contributed by atoms with E-state index in [1.54, 1.807) is 18.0 Å². The van der Waals surface area contributed by atoms with Gasteiger partial charge >= 0.3 is 0 Å². The maximum atomic E-state index is 6.43. The highest BCUT2D eigenvalue weighted by molar-refractivity contribution is 7.99. The van der Waals surface area contributed by atoms with Crippen molar-refractivity contribution in [2.24, 2.45) is 4.99 Å². The Morgan fingerprint density at radius 3 is 2.65 bits per heavy atom. The Bertz CT molecular complexity index is 857. The molecule has 0 radical (unpaired) electrons. The van der Waals surface area contributed by atoms with Crippen LogP contribution in [0.4, 0.5) is 5.69 Å². The first-order valence-corrected chi connectivity index (χ1v) is 8.68. The fourth-order valence-electron chi connectivity index (χ4n) is 2.72. The van der Waals surface area contributed by atoms with Gasteiger partial charge in [-0.25, -0.2) is 4.99 Å². The second-order valence-corrected chi connectivity index (χ2v) is 6.99. The fraction of sp³-hybridized carbons (Fsp3) is 0.105. The van der Waals surface area contributed by atoms with Gasteiger partial charge in [0.1, 0.15) is 5.76 Å². The Morgan fingerprint density at radius 1 is 1.00 bits per heavy atom. The molecule has 1 atom stereocenters. The zero-order chi connectivity index (χ0) is 15.6. The van der Waals surface area contributed by atoms with E-state index in [4.69, 9.17) is 21.0 Å². The summed E-state index contributed by atoms with van der Waals surface area (Å²) in [5, 5.41) is 0.999. The summed E-state index contributed by atoms with van der Waals surface area (Å²) in [5.74, 6) is 0.819. The van der Waals surface area contributed by atoms with E-state index in [0.717, 1.165) is 34.2 Å². The van der Waals surface area contributed by atoms with Gasteiger partial charge in [-0.05, 0) is 35.9 Å². The summed E-state index contributed by atoms with van der Waals surface area (Å²) in [6.45, 7) is 0. The molecule has 2 aromatic carbocycles. The topological polar surface area (TPSA) is 25.5 Å². The van der Waals surface area contributed by atoms with Crippen molar-refractivity contribution in [1.82, 2.24) is 0 Å². The number of para-hydroxylation sites is 1. The first-order chi connectivity index (χ1) is 11.3. The van der Waals surface area contributed by atoms with Crippen molar-refractivity contribution in [3.05, 3.63) is 83.3 Å². The molecule has 23 heavy (non-hydrogen) atoms. The molecule has 4 rings (SSSR count). The lowest BCUT2D eigenvalue weighted by Gasteiger charge is -2.16. The first kappa shape index (κ1) is 14.6. The van der Waals surface area contributed by atoms with E-state index in [1.165, 1.54) is 4.90 Å². The van der Waals surface area contributed by atoms with E-state index >= 15 is 0 Å². The van der Waals surface area contributed by atoms with E-state index in [0.29, 0.717) is 0 Å². The Morgan fingerprint density at radius 2 is 1.83 bits per heavy atom. The number of rotatable bonds is 2. The quantitative estimate of drug-likeness (QED) is 0.548. The van der Waals surface area contributed by atoms with Crippen LogP contribution < -0.4 is 0 Å². The summed E-state index contributed by atoms with van der Waals surface area (Å²) in [4.78, 5) is 6.01. The van der Waals surface area contributed by atoms with E-state index in [2.05, 4.69) is 12.1 Å². The lowest BCUT2D eigenvalue weighted by atomic mass is 10.0. The first-order valence-electron chi connectivity index (χ1n) is 7.43. The molecule has 0 saturated carbocycles. The number of hydrogen-bond donors (Lipinski definition) is 0. The van der Waals surface area contributed by atoms with Gasteiger partial charge < -0.3 is 4.42 Å². The molecule has 0 spiro atoms. The highest BCUT2D eigenvalue weighted by Crippen LogP contribution is 2.46. The number of halogens is 1. The second kappa shape index (κ2) is 6.26. The van der Waals surface area contributed by atoms with Crippen molar-refractivity contribution >= 4 is 34.8 Å². The van der Waals surface area contributed by atoms with E-state index < -0.39 is 0 Å². The molecule has 2 heterocycles. The minimum atomic E-state index is 0.205. The molecule has 0 aliphatic carbocycles. The largest absolute Gasteiger partial charge is 0.463 e. The molecular weight excluding hydrogens is 326 g/mol. The Balaban J connectivity index is 1.82. The number of nitrogens with zero attached hydrogens (tertiary/aromatic N) is 1. The van der Waals surface area contributed by atoms with Gasteiger partial charge in [0, 0.05) is 21.6 Å². The fourth-order valence-corrected chi connectivity index (χ4v) is 4.32. The van der Waals surface area contributed by atoms with Crippen LogP contribution in [0.25, 0.3) is 0 Å². The molecule has 0 bridgehead atoms. The molecule has 1 aliphatic heterocycles. The SMILES string of the molecule is Clc1ccccc1[C@@H]1CC(c2ccco2)=Nc2ccccc2S1. The van der Waals surface area contributed by atoms with Gasteiger partial charge in [0.05, 0.1) is 17.7 Å². The van der Waals surface area contributed by atoms with Gasteiger partial charge in [-0.15, -0.1) is 11.8 Å². The van der Waals surface area contributed by atoms with Gasteiger partial charge in [-0.3, -0.25) is 0 Å². The van der Waals surface area contributed by atoms with Crippen molar-refractivity contribution in [1.29, 1.82) is 0 Å². The molecule has 0 amide bonds. The monoisotopic (exact) mass is 339 g/mol. The number of thioether (sulfide) groups is 1. The Labute approximate surface area is 144 Å². The maximum Gasteiger partial charge on any atom is 0.148 e. The summed E-state index contributed by atoms with van der Waals surface area (Å²) in [6.07, 6.45) is 2.46. The number of fused-ring (bicyclic) bond motifs is 1. The van der Waals surface area contributed by atoms with Crippen molar-refractivity contribution in [2.45, 2.75) is 16.6 Å². The molecule has 1 aliphatic rings. The molecule has 0 N–H and O–H groups in total. The van der Waals surface area contributed by atoms with E-state index in [1.807, 2.05) is 48.5 Å². The van der Waals surface area contributed by atoms with Crippen LogP contribution in [0.15, 0.2) is 81.2 Å². The summed E-state index contributed by atoms with van der Waals surface area (Å²) in [7, 11) is 0. The van der Waals surface area contributed by atoms with Gasteiger partial charge in [0.2, 0.25) is 0 Å². The van der Waals surface area contributed by atoms with Gasteiger partial charge in [-0.1, -0.05) is 41.9 Å². The normalized spacial score (nSPS) is 17.3. The molecule has 2 nitrogen and oxygen atoms in total. The third-order valence-corrected chi connectivity index (χ3v) is 5.47. The van der Waals surface area contributed by atoms with Crippen LogP contribution in [-0.4, -0.2) is 5.71 Å². The zero-order valence-electron chi connectivity index (χ0n) is 12.3. The number of benzene rings is 2. The van der Waals surface area contributed by atoms with Crippen LogP contribution in [-0.2, 0) is 0 Å². The maximum absolute atomic E-state index is 6.43. The van der Waals surface area contributed by atoms with Crippen LogP contribution in [0, 0.1) is 0 Å². The average Bonchev–Trinajstić information content (AvgIpc) is 3.03. The van der Waals surface area contributed by atoms with Crippen LogP contribution >= 0.6 is 23.4 Å². The molecule has 4 heteroatoms. The minimum absolute atomic E-state index is 0.205. The molecule has 114 valence electrons. The summed E-state index contributed by atoms with van der Waals surface area (Å²) < 4.78 is 5.58. The van der Waals surface area contributed by atoms with Crippen LogP contribution in [0.2, 0.25) is 5.02 Å². The predicted octanol–water partition coefficient (Wildman–Crippen LogP) is 6.29. The van der Waals surface area contributed by atoms with Gasteiger partial charge in [0.25, 0.3) is 0 Å². The standard InChI is InChI=1S/C19H14ClNOS/c20-14-7-2-1-6-13(14)19-12-16(17-9-5-11-22-17)21-15-8-3-4-10-18(15)23-19/h1-11,19H,12H2/t19-/m0/s1. The summed E-state index contributed by atoms with van der Waals surface area (Å²) in [5.41, 5.74) is 3.07. The molecule has 3 aromatic rings. The van der Waals surface area contributed by atoms with Crippen molar-refractivity contribution in [2.75, 3.05) is 0 Å². The highest BCUT2D eigenvalue weighted by atomic mass is 35.5. The van der Waals surface area contributed by atoms with E-state index in [-0.39, 0.29) is 5.25 Å². The highest BCUT2D eigenvalue weighted by Gasteiger charge is 2.24. The lowest BCUT2D eigenvalue weighted by molar-refractivity contribution is 0.555. The van der Waals surface area contributed by atoms with Crippen molar-refractivity contribution < 1.29 is 4.42 Å². The van der Waals surface area contributed by atoms with E-state index in [9.17, 15) is 0 Å². The zero-order valence-corrected chi connectivity index (χ0v) is 13.8. The number of hydrogen-bond acceptors (Lipinski definition) is 3. The smallest absolute Gasteiger partial charge is 0.148 e. The Kier molecular flexibility index (Phi) is 3.98. The molecule has 0 fully saturated rings. The number of furan rings is 1. The van der Waals surface area contributed by atoms with Crippen LogP contribution in [0.3, 0.4) is 0 Å². The van der Waals surface area contributed by atoms with Crippen LogP contribution in [0.1, 0.15) is 23.0 Å². The molecule has 1 aromatic heterocycles. The molecular formula is C19H14ClNOS. The van der Waals surface area contributed by atoms with Crippen LogP contribution in [0.5, 0.6) is 0 Å². The third kappa shape index (κ3) is 2.94. The second-order valence-electron chi connectivity index (χ2n) is 5.34. The lowest BCUT2D eigenvalue weighted by Crippen LogP contribution is -2.04. The third-order valence-electron chi connectivity index (χ3n) is 3.83. The summed E-state index contributed by atoms with van der Waals surface area (Å²) >= 11 is 8.24. The minimum Gasteiger partial charge on any atom is -0.463 e.